The van der Waals surface area contributed by atoms with E-state index in [9.17, 15) is 9.90 Å². The van der Waals surface area contributed by atoms with E-state index in [0.717, 1.165) is 37.5 Å². The van der Waals surface area contributed by atoms with E-state index >= 15 is 0 Å². The third-order valence-corrected chi connectivity index (χ3v) is 4.80. The maximum atomic E-state index is 12.1. The van der Waals surface area contributed by atoms with Crippen LogP contribution in [-0.2, 0) is 0 Å². The minimum Gasteiger partial charge on any atom is -0.394 e. The first-order chi connectivity index (χ1) is 8.72. The fourth-order valence-electron chi connectivity index (χ4n) is 3.33. The van der Waals surface area contributed by atoms with Crippen LogP contribution in [0.2, 0.25) is 0 Å². The predicted octanol–water partition coefficient (Wildman–Crippen LogP) is 1.78. The molecular weight excluding hydrogens is 228 g/mol. The molecule has 3 aliphatic carbocycles. The molecular formula is C14H24N2O2. The number of carbonyl (C=O) groups is 1. The molecule has 2 amide bonds. The number of aliphatic hydroxyl groups is 1. The minimum atomic E-state index is -0.346. The predicted molar refractivity (Wildman–Crippen MR) is 69.2 cm³/mol. The van der Waals surface area contributed by atoms with Gasteiger partial charge in [0, 0.05) is 6.04 Å². The molecule has 0 aromatic carbocycles. The van der Waals surface area contributed by atoms with E-state index in [-0.39, 0.29) is 18.2 Å². The molecule has 0 atom stereocenters. The third-order valence-electron chi connectivity index (χ3n) is 4.80. The van der Waals surface area contributed by atoms with Crippen LogP contribution in [0.15, 0.2) is 0 Å². The Morgan fingerprint density at radius 1 is 1.17 bits per heavy atom. The number of rotatable bonds is 5. The van der Waals surface area contributed by atoms with Gasteiger partial charge in [0.2, 0.25) is 0 Å². The number of hydrogen-bond donors (Lipinski definition) is 3. The van der Waals surface area contributed by atoms with Crippen LogP contribution in [-0.4, -0.2) is 29.3 Å². The zero-order valence-electron chi connectivity index (χ0n) is 11.0. The van der Waals surface area contributed by atoms with Crippen molar-refractivity contribution < 1.29 is 9.90 Å². The standard InChI is InChI=1S/C14H24N2O2/c17-9-14(7-1-2-8-14)16-13(18)15-12(10-3-4-10)11-5-6-11/h10-12,17H,1-9H2,(H2,15,16,18). The topological polar surface area (TPSA) is 61.4 Å². The van der Waals surface area contributed by atoms with Crippen molar-refractivity contribution in [1.29, 1.82) is 0 Å². The number of nitrogens with one attached hydrogen (secondary N) is 2. The lowest BCUT2D eigenvalue weighted by Crippen LogP contribution is -2.55. The summed E-state index contributed by atoms with van der Waals surface area (Å²) in [5, 5.41) is 15.7. The maximum absolute atomic E-state index is 12.1. The molecule has 3 rings (SSSR count). The van der Waals surface area contributed by atoms with Gasteiger partial charge in [0.15, 0.2) is 0 Å². The summed E-state index contributed by atoms with van der Waals surface area (Å²) in [7, 11) is 0. The summed E-state index contributed by atoms with van der Waals surface area (Å²) in [4.78, 5) is 12.1. The van der Waals surface area contributed by atoms with Crippen molar-refractivity contribution in [3.8, 4) is 0 Å². The second kappa shape index (κ2) is 4.72. The lowest BCUT2D eigenvalue weighted by atomic mass is 9.99. The van der Waals surface area contributed by atoms with Crippen molar-refractivity contribution in [3.63, 3.8) is 0 Å². The fraction of sp³-hybridized carbons (Fsp3) is 0.929. The largest absolute Gasteiger partial charge is 0.394 e. The summed E-state index contributed by atoms with van der Waals surface area (Å²) in [6.45, 7) is 0.0674. The molecule has 0 aromatic rings. The monoisotopic (exact) mass is 252 g/mol. The molecule has 0 radical (unpaired) electrons. The molecule has 0 saturated heterocycles. The van der Waals surface area contributed by atoms with Crippen LogP contribution >= 0.6 is 0 Å². The number of carbonyl (C=O) groups excluding carboxylic acids is 1. The van der Waals surface area contributed by atoms with Crippen LogP contribution < -0.4 is 10.6 Å². The SMILES string of the molecule is O=C(NC(C1CC1)C1CC1)NC1(CO)CCCC1. The molecule has 102 valence electrons. The van der Waals surface area contributed by atoms with E-state index in [0.29, 0.717) is 6.04 Å². The second-order valence-electron chi connectivity index (χ2n) is 6.44. The Labute approximate surface area is 109 Å². The van der Waals surface area contributed by atoms with Gasteiger partial charge in [0.25, 0.3) is 0 Å². The van der Waals surface area contributed by atoms with Crippen molar-refractivity contribution in [2.45, 2.75) is 62.9 Å². The first kappa shape index (κ1) is 12.3. The van der Waals surface area contributed by atoms with Crippen molar-refractivity contribution in [3.05, 3.63) is 0 Å². The van der Waals surface area contributed by atoms with Gasteiger partial charge in [-0.25, -0.2) is 4.79 Å². The van der Waals surface area contributed by atoms with Gasteiger partial charge < -0.3 is 15.7 Å². The molecule has 0 heterocycles. The van der Waals surface area contributed by atoms with Crippen molar-refractivity contribution >= 4 is 6.03 Å². The van der Waals surface area contributed by atoms with Crippen LogP contribution in [0.1, 0.15) is 51.4 Å². The number of urea groups is 1. The molecule has 18 heavy (non-hydrogen) atoms. The van der Waals surface area contributed by atoms with Crippen LogP contribution in [0.3, 0.4) is 0 Å². The number of amides is 2. The van der Waals surface area contributed by atoms with Crippen molar-refractivity contribution in [2.75, 3.05) is 6.61 Å². The van der Waals surface area contributed by atoms with Gasteiger partial charge >= 0.3 is 6.03 Å². The Hall–Kier alpha value is -0.770. The summed E-state index contributed by atoms with van der Waals surface area (Å²) in [5.74, 6) is 1.44. The molecule has 3 aliphatic rings. The van der Waals surface area contributed by atoms with E-state index in [1.807, 2.05) is 0 Å². The zero-order chi connectivity index (χ0) is 12.6. The second-order valence-corrected chi connectivity index (χ2v) is 6.44. The maximum Gasteiger partial charge on any atom is 0.315 e. The average Bonchev–Trinajstić information content (AvgIpc) is 3.27. The highest BCUT2D eigenvalue weighted by atomic mass is 16.3. The summed E-state index contributed by atoms with van der Waals surface area (Å²) < 4.78 is 0. The lowest BCUT2D eigenvalue weighted by molar-refractivity contribution is 0.160. The molecule has 0 bridgehead atoms. The highest BCUT2D eigenvalue weighted by molar-refractivity contribution is 5.75. The third kappa shape index (κ3) is 2.63. The molecule has 3 N–H and O–H groups in total. The van der Waals surface area contributed by atoms with E-state index in [2.05, 4.69) is 10.6 Å². The van der Waals surface area contributed by atoms with Crippen LogP contribution in [0.25, 0.3) is 0 Å². The van der Waals surface area contributed by atoms with Gasteiger partial charge in [0.05, 0.1) is 12.1 Å². The molecule has 0 spiro atoms. The minimum absolute atomic E-state index is 0.0604. The summed E-state index contributed by atoms with van der Waals surface area (Å²) in [6, 6.07) is 0.330. The summed E-state index contributed by atoms with van der Waals surface area (Å²) in [6.07, 6.45) is 9.12. The van der Waals surface area contributed by atoms with Gasteiger partial charge in [-0.2, -0.15) is 0 Å². The lowest BCUT2D eigenvalue weighted by Gasteiger charge is -2.29. The van der Waals surface area contributed by atoms with Gasteiger partial charge in [-0.15, -0.1) is 0 Å². The number of hydrogen-bond acceptors (Lipinski definition) is 2. The van der Waals surface area contributed by atoms with Gasteiger partial charge in [-0.05, 0) is 50.4 Å². The quantitative estimate of drug-likeness (QED) is 0.698. The first-order valence-corrected chi connectivity index (χ1v) is 7.42. The Morgan fingerprint density at radius 2 is 1.72 bits per heavy atom. The van der Waals surface area contributed by atoms with E-state index in [4.69, 9.17) is 0 Å². The van der Waals surface area contributed by atoms with E-state index in [1.165, 1.54) is 25.7 Å². The van der Waals surface area contributed by atoms with Gasteiger partial charge in [0.1, 0.15) is 0 Å². The fourth-order valence-corrected chi connectivity index (χ4v) is 3.33. The zero-order valence-corrected chi connectivity index (χ0v) is 11.0. The van der Waals surface area contributed by atoms with Crippen molar-refractivity contribution in [2.24, 2.45) is 11.8 Å². The molecule has 0 aliphatic heterocycles. The molecule has 0 unspecified atom stereocenters. The van der Waals surface area contributed by atoms with Crippen LogP contribution in [0, 0.1) is 11.8 Å². The van der Waals surface area contributed by atoms with Gasteiger partial charge in [-0.3, -0.25) is 0 Å². The molecule has 0 aromatic heterocycles. The van der Waals surface area contributed by atoms with E-state index in [1.54, 1.807) is 0 Å². The van der Waals surface area contributed by atoms with Crippen LogP contribution in [0.5, 0.6) is 0 Å². The molecule has 3 saturated carbocycles. The Kier molecular flexibility index (Phi) is 3.22. The Bertz CT molecular complexity index is 306. The smallest absolute Gasteiger partial charge is 0.315 e. The average molecular weight is 252 g/mol. The highest BCUT2D eigenvalue weighted by Crippen LogP contribution is 2.44. The first-order valence-electron chi connectivity index (χ1n) is 7.42. The molecule has 4 heteroatoms. The highest BCUT2D eigenvalue weighted by Gasteiger charge is 2.43. The van der Waals surface area contributed by atoms with E-state index < -0.39 is 0 Å². The normalized spacial score (nSPS) is 26.3. The summed E-state index contributed by atoms with van der Waals surface area (Å²) in [5.41, 5.74) is -0.346. The number of aliphatic hydroxyl groups excluding tert-OH is 1. The van der Waals surface area contributed by atoms with Gasteiger partial charge in [-0.1, -0.05) is 12.8 Å². The van der Waals surface area contributed by atoms with Crippen molar-refractivity contribution in [1.82, 2.24) is 10.6 Å². The van der Waals surface area contributed by atoms with Crippen LogP contribution in [0.4, 0.5) is 4.79 Å². The molecule has 4 nitrogen and oxygen atoms in total. The summed E-state index contributed by atoms with van der Waals surface area (Å²) >= 11 is 0. The Morgan fingerprint density at radius 3 is 2.17 bits per heavy atom. The molecule has 3 fully saturated rings. The Balaban J connectivity index is 1.53.